The summed E-state index contributed by atoms with van der Waals surface area (Å²) in [5.74, 6) is -0.191. The van der Waals surface area contributed by atoms with Crippen molar-refractivity contribution in [3.63, 3.8) is 0 Å². The first-order valence-corrected chi connectivity index (χ1v) is 5.55. The van der Waals surface area contributed by atoms with Crippen LogP contribution in [0.25, 0.3) is 11.0 Å². The first kappa shape index (κ1) is 13.6. The maximum absolute atomic E-state index is 11.8. The molecule has 0 unspecified atom stereocenters. The van der Waals surface area contributed by atoms with E-state index < -0.39 is 12.2 Å². The molecule has 0 aliphatic carbocycles. The van der Waals surface area contributed by atoms with Gasteiger partial charge in [0.1, 0.15) is 5.69 Å². The molecule has 0 saturated carbocycles. The number of nitrogens with one attached hydrogen (secondary N) is 2. The topological polar surface area (TPSA) is 103 Å². The predicted octanol–water partition coefficient (Wildman–Crippen LogP) is 2.83. The maximum Gasteiger partial charge on any atom is 0.451 e. The molecule has 0 atom stereocenters. The fraction of sp³-hybridized carbons (Fsp3) is 0.182. The molecule has 8 nitrogen and oxygen atoms in total. The Morgan fingerprint density at radius 1 is 1.40 bits per heavy atom. The average Bonchev–Trinajstić information content (AvgIpc) is 2.77. The van der Waals surface area contributed by atoms with Gasteiger partial charge < -0.3 is 9.15 Å². The number of hydrogen-bond acceptors (Lipinski definition) is 6. The smallest absolute Gasteiger partial charge is 0.450 e. The number of nitrogens with zero attached hydrogens (tertiary/aromatic N) is 1. The van der Waals surface area contributed by atoms with Crippen molar-refractivity contribution in [1.29, 1.82) is 0 Å². The van der Waals surface area contributed by atoms with Gasteiger partial charge in [0.2, 0.25) is 5.88 Å². The van der Waals surface area contributed by atoms with Crippen molar-refractivity contribution in [3.8, 4) is 0 Å². The Morgan fingerprint density at radius 3 is 2.90 bits per heavy atom. The molecule has 20 heavy (non-hydrogen) atoms. The van der Waals surface area contributed by atoms with Crippen LogP contribution < -0.4 is 10.6 Å². The molecular weight excluding hydrogens is 273 g/mol. The number of halogens is 1. The average molecular weight is 283 g/mol. The fourth-order valence-corrected chi connectivity index (χ4v) is 1.54. The zero-order chi connectivity index (χ0) is 14.5. The highest BCUT2D eigenvalue weighted by Gasteiger charge is 2.19. The molecule has 0 aromatic carbocycles. The number of fused-ring (bicyclic) bond motifs is 1. The molecule has 2 N–H and O–H groups in total. The maximum atomic E-state index is 11.8. The van der Waals surface area contributed by atoms with Crippen LogP contribution in [0.3, 0.4) is 0 Å². The van der Waals surface area contributed by atoms with Crippen LogP contribution in [-0.2, 0) is 9.68 Å². The Kier molecular flexibility index (Phi) is 3.99. The lowest BCUT2D eigenvalue weighted by molar-refractivity contribution is -0.0545. The molecule has 2 heterocycles. The summed E-state index contributed by atoms with van der Waals surface area (Å²) in [6.07, 6.45) is 0.705. The van der Waals surface area contributed by atoms with Gasteiger partial charge in [0.25, 0.3) is 0 Å². The molecule has 0 aliphatic rings. The van der Waals surface area contributed by atoms with Crippen LogP contribution >= 0.6 is 0 Å². The minimum atomic E-state index is -1.39. The third kappa shape index (κ3) is 2.76. The minimum Gasteiger partial charge on any atom is -0.450 e. The van der Waals surface area contributed by atoms with Gasteiger partial charge in [-0.1, -0.05) is 0 Å². The minimum absolute atomic E-state index is 0.117. The van der Waals surface area contributed by atoms with Gasteiger partial charge in [-0.05, 0) is 13.0 Å². The highest BCUT2D eigenvalue weighted by Crippen LogP contribution is 2.34. The summed E-state index contributed by atoms with van der Waals surface area (Å²) >= 11 is 0. The largest absolute Gasteiger partial charge is 0.451 e. The zero-order valence-electron chi connectivity index (χ0n) is 10.3. The number of carbonyl (C=O) groups is 2. The first-order chi connectivity index (χ1) is 9.65. The van der Waals surface area contributed by atoms with Crippen molar-refractivity contribution >= 4 is 34.7 Å². The standard InChI is InChI=1S/C11H10FN3O5/c1-2-18-10(16)14-8-6-3-4-13-5-7(6)19-9(8)15-11(17)20-12/h3-5H,2H2,1H3,(H,14,16)(H,15,17). The normalized spacial score (nSPS) is 10.1. The molecule has 106 valence electrons. The second-order valence-corrected chi connectivity index (χ2v) is 3.51. The molecule has 0 spiro atoms. The molecule has 2 aromatic rings. The van der Waals surface area contributed by atoms with Crippen LogP contribution in [0, 0.1) is 0 Å². The van der Waals surface area contributed by atoms with Crippen LogP contribution in [-0.4, -0.2) is 23.8 Å². The van der Waals surface area contributed by atoms with Gasteiger partial charge in [-0.15, -0.1) is 0 Å². The monoisotopic (exact) mass is 283 g/mol. The number of amides is 2. The van der Waals surface area contributed by atoms with Gasteiger partial charge in [-0.2, -0.15) is 0 Å². The number of aromatic nitrogens is 1. The van der Waals surface area contributed by atoms with E-state index >= 15 is 0 Å². The van der Waals surface area contributed by atoms with E-state index in [2.05, 4.69) is 15.2 Å². The molecule has 9 heteroatoms. The molecule has 0 bridgehead atoms. The Balaban J connectivity index is 2.39. The Morgan fingerprint density at radius 2 is 2.20 bits per heavy atom. The Hall–Kier alpha value is -2.84. The number of carbonyl (C=O) groups excluding carboxylic acids is 2. The van der Waals surface area contributed by atoms with Gasteiger partial charge in [0.05, 0.1) is 12.8 Å². The van der Waals surface area contributed by atoms with E-state index in [9.17, 15) is 14.1 Å². The zero-order valence-corrected chi connectivity index (χ0v) is 10.3. The van der Waals surface area contributed by atoms with E-state index in [-0.39, 0.29) is 23.8 Å². The number of anilines is 2. The number of pyridine rings is 1. The van der Waals surface area contributed by atoms with E-state index in [1.165, 1.54) is 12.4 Å². The van der Waals surface area contributed by atoms with E-state index in [4.69, 9.17) is 9.15 Å². The summed E-state index contributed by atoms with van der Waals surface area (Å²) in [4.78, 5) is 29.2. The summed E-state index contributed by atoms with van der Waals surface area (Å²) in [5, 5.41) is 4.85. The second kappa shape index (κ2) is 5.87. The molecule has 0 saturated heterocycles. The van der Waals surface area contributed by atoms with Crippen LogP contribution in [0.1, 0.15) is 6.92 Å². The predicted molar refractivity (Wildman–Crippen MR) is 65.9 cm³/mol. The summed E-state index contributed by atoms with van der Waals surface area (Å²) in [5.41, 5.74) is 0.403. The van der Waals surface area contributed by atoms with E-state index in [1.54, 1.807) is 13.0 Å². The molecule has 0 aliphatic heterocycles. The highest BCUT2D eigenvalue weighted by molar-refractivity contribution is 6.05. The van der Waals surface area contributed by atoms with Crippen molar-refractivity contribution in [2.45, 2.75) is 6.92 Å². The quantitative estimate of drug-likeness (QED) is 0.897. The van der Waals surface area contributed by atoms with Crippen molar-refractivity contribution in [1.82, 2.24) is 4.98 Å². The van der Waals surface area contributed by atoms with Crippen LogP contribution in [0.4, 0.5) is 25.7 Å². The van der Waals surface area contributed by atoms with Crippen molar-refractivity contribution in [3.05, 3.63) is 18.5 Å². The number of hydrogen-bond donors (Lipinski definition) is 2. The molecule has 0 fully saturated rings. The third-order valence-corrected chi connectivity index (χ3v) is 2.28. The molecule has 2 amide bonds. The molecule has 2 rings (SSSR count). The van der Waals surface area contributed by atoms with Gasteiger partial charge in [0.15, 0.2) is 5.58 Å². The van der Waals surface area contributed by atoms with Crippen LogP contribution in [0.2, 0.25) is 0 Å². The van der Waals surface area contributed by atoms with Crippen molar-refractivity contribution in [2.24, 2.45) is 0 Å². The summed E-state index contributed by atoms with van der Waals surface area (Å²) < 4.78 is 21.7. The van der Waals surface area contributed by atoms with E-state index in [0.717, 1.165) is 0 Å². The lowest BCUT2D eigenvalue weighted by Crippen LogP contribution is -2.15. The summed E-state index contributed by atoms with van der Waals surface area (Å²) in [6.45, 7) is 1.80. The van der Waals surface area contributed by atoms with Crippen LogP contribution in [0.5, 0.6) is 0 Å². The van der Waals surface area contributed by atoms with E-state index in [1.807, 2.05) is 5.32 Å². The second-order valence-electron chi connectivity index (χ2n) is 3.51. The van der Waals surface area contributed by atoms with Gasteiger partial charge in [-0.3, -0.25) is 15.6 Å². The third-order valence-electron chi connectivity index (χ3n) is 2.28. The number of rotatable bonds is 3. The molecule has 2 aromatic heterocycles. The van der Waals surface area contributed by atoms with Crippen LogP contribution in [0.15, 0.2) is 22.9 Å². The SMILES string of the molecule is CCOC(=O)Nc1c(NC(=O)OF)oc2cnccc12. The number of furan rings is 1. The van der Waals surface area contributed by atoms with Crippen molar-refractivity contribution < 1.29 is 28.2 Å². The van der Waals surface area contributed by atoms with Gasteiger partial charge >= 0.3 is 12.2 Å². The number of ether oxygens (including phenoxy) is 1. The van der Waals surface area contributed by atoms with Gasteiger partial charge in [-0.25, -0.2) is 14.5 Å². The lowest BCUT2D eigenvalue weighted by Gasteiger charge is -2.05. The van der Waals surface area contributed by atoms with Crippen molar-refractivity contribution in [2.75, 3.05) is 17.2 Å². The summed E-state index contributed by atoms with van der Waals surface area (Å²) in [6, 6.07) is 1.55. The highest BCUT2D eigenvalue weighted by atomic mass is 19.3. The summed E-state index contributed by atoms with van der Waals surface area (Å²) in [7, 11) is 0. The first-order valence-electron chi connectivity index (χ1n) is 5.55. The molecular formula is C11H10FN3O5. The fourth-order valence-electron chi connectivity index (χ4n) is 1.54. The molecule has 0 radical (unpaired) electrons. The van der Waals surface area contributed by atoms with Gasteiger partial charge in [0, 0.05) is 16.1 Å². The van der Waals surface area contributed by atoms with E-state index in [0.29, 0.717) is 5.39 Å². The lowest BCUT2D eigenvalue weighted by atomic mass is 10.3. The Bertz CT molecular complexity index is 642. The Labute approximate surface area is 111 Å².